The Labute approximate surface area is 587 Å². The number of carbonyl (C=O) groups excluding carboxylic acids is 2. The summed E-state index contributed by atoms with van der Waals surface area (Å²) in [4.78, 5) is 84.8. The molecule has 0 aromatic carbocycles. The van der Waals surface area contributed by atoms with Crippen molar-refractivity contribution >= 4 is 41.7 Å². The Kier molecular flexibility index (Phi) is 76.1. The summed E-state index contributed by atoms with van der Waals surface area (Å²) in [6.07, 6.45) is 39.1. The van der Waals surface area contributed by atoms with Gasteiger partial charge in [-0.05, 0) is 19.3 Å². The Morgan fingerprint density at radius 2 is 0.713 bits per heavy atom. The third kappa shape index (κ3) is 73.5. The van der Waals surface area contributed by atoms with Crippen LogP contribution in [0, 0.1) is 92.7 Å². The minimum absolute atomic E-state index is 0. The molecule has 0 rings (SSSR count). The summed E-state index contributed by atoms with van der Waals surface area (Å²) in [6.45, 7) is 5.80. The van der Waals surface area contributed by atoms with Crippen LogP contribution in [0.1, 0.15) is 206 Å². The summed E-state index contributed by atoms with van der Waals surface area (Å²) in [7, 11) is 0. The van der Waals surface area contributed by atoms with Crippen molar-refractivity contribution in [3.63, 3.8) is 0 Å². The minimum Gasteiger partial charge on any atom is -0.480 e. The van der Waals surface area contributed by atoms with E-state index < -0.39 is 68.6 Å². The van der Waals surface area contributed by atoms with E-state index in [0.717, 1.165) is 101 Å². The SMILES string of the molecule is CCCCCCCCCC[CH-]CCCCCCC(=O)NCCOCCOCCN.NCCOCCOCCNC(=O)CCCCCC[CH-]CCCCCCCCCCC(CN(CCN(CC(=O)O)CC(=O)O)CC(=O)O)N(CC(=O)O)CC(=O)O.[Gd].[Gd]. The fourth-order valence-electron chi connectivity index (χ4n) is 9.46. The van der Waals surface area contributed by atoms with Crippen LogP contribution in [-0.4, -0.2) is 219 Å². The van der Waals surface area contributed by atoms with E-state index in [-0.39, 0.29) is 111 Å². The summed E-state index contributed by atoms with van der Waals surface area (Å²) in [5.74, 6) is -5.91. The third-order valence-electron chi connectivity index (χ3n) is 14.0. The standard InChI is InChI=1S/C38H70N5O13.C24H49N2O3.2Gd/c39-18-22-55-24-25-56-23-19-40-33(44)17-15-13-11-9-7-5-3-1-2-4-6-8-10-12-14-16-32(43(30-37(51)52)31-38(53)54)26-41(27-34(45)46)20-21-42(28-35(47)48)29-36(49)50;1-2-3-4-5-6-7-8-9-10-11-12-13-14-15-16-17-24(27)26-19-21-29-23-22-28-20-18-25;;/h5,32H,1-4,6-31,39H2,(H,40,44)(H,45,46)(H,47,48)(H,49,50)(H,51,52)(H,53,54);11H,2-10,12-23,25H2,1H3,(H,26,27);;/q2*-1;;. The van der Waals surface area contributed by atoms with Crippen LogP contribution in [0.25, 0.3) is 0 Å². The molecule has 0 saturated carbocycles. The van der Waals surface area contributed by atoms with Crippen molar-refractivity contribution in [3.8, 4) is 0 Å². The van der Waals surface area contributed by atoms with Crippen molar-refractivity contribution in [2.24, 2.45) is 11.5 Å². The van der Waals surface area contributed by atoms with Gasteiger partial charge < -0.3 is 79.4 Å². The van der Waals surface area contributed by atoms with Crippen LogP contribution in [0.3, 0.4) is 0 Å². The molecular formula is C62H119Gd2N7O16-2. The van der Waals surface area contributed by atoms with Gasteiger partial charge in [0.1, 0.15) is 0 Å². The molecule has 1 unspecified atom stereocenters. The van der Waals surface area contributed by atoms with Gasteiger partial charge in [0.05, 0.1) is 85.6 Å². The predicted octanol–water partition coefficient (Wildman–Crippen LogP) is 7.41. The molecule has 87 heavy (non-hydrogen) atoms. The number of unbranched alkanes of at least 4 members (excludes halogenated alkanes) is 28. The van der Waals surface area contributed by atoms with Gasteiger partial charge in [0.2, 0.25) is 11.8 Å². The molecule has 0 heterocycles. The molecule has 0 saturated heterocycles. The number of amides is 2. The Morgan fingerprint density at radius 3 is 1.07 bits per heavy atom. The van der Waals surface area contributed by atoms with E-state index in [1.54, 1.807) is 0 Å². The summed E-state index contributed by atoms with van der Waals surface area (Å²) < 4.78 is 21.2. The first-order chi connectivity index (χ1) is 41.1. The average Bonchev–Trinajstić information content (AvgIpc) is 3.45. The molecule has 2 amide bonds. The largest absolute Gasteiger partial charge is 0.480 e. The van der Waals surface area contributed by atoms with Crippen LogP contribution in [-0.2, 0) is 52.5 Å². The van der Waals surface area contributed by atoms with E-state index in [4.69, 9.17) is 40.6 Å². The van der Waals surface area contributed by atoms with Gasteiger partial charge >= 0.3 is 29.8 Å². The van der Waals surface area contributed by atoms with Gasteiger partial charge in [0.15, 0.2) is 0 Å². The summed E-state index contributed by atoms with van der Waals surface area (Å²) in [6, 6.07) is -0.605. The third-order valence-corrected chi connectivity index (χ3v) is 14.0. The number of nitrogens with zero attached hydrogens (tertiary/aromatic N) is 3. The van der Waals surface area contributed by atoms with Crippen molar-refractivity contribution in [2.75, 3.05) is 131 Å². The van der Waals surface area contributed by atoms with Gasteiger partial charge in [0.25, 0.3) is 0 Å². The number of nitrogens with one attached hydrogen (secondary N) is 2. The predicted molar refractivity (Wildman–Crippen MR) is 331 cm³/mol. The van der Waals surface area contributed by atoms with Gasteiger partial charge in [-0.1, -0.05) is 148 Å². The molecule has 11 N–H and O–H groups in total. The fraction of sp³-hybridized carbons (Fsp3) is 0.855. The number of ether oxygens (including phenoxy) is 4. The first-order valence-electron chi connectivity index (χ1n) is 32.3. The van der Waals surface area contributed by atoms with Gasteiger partial charge in [0, 0.05) is 145 Å². The van der Waals surface area contributed by atoms with Crippen molar-refractivity contribution < 1.29 is 158 Å². The van der Waals surface area contributed by atoms with E-state index >= 15 is 0 Å². The van der Waals surface area contributed by atoms with E-state index in [1.807, 2.05) is 0 Å². The quantitative estimate of drug-likeness (QED) is 0.0211. The Hall–Kier alpha value is -1.42. The van der Waals surface area contributed by atoms with Crippen molar-refractivity contribution in [3.05, 3.63) is 12.8 Å². The number of hydrogen-bond donors (Lipinski definition) is 9. The molecule has 0 aromatic heterocycles. The van der Waals surface area contributed by atoms with Crippen LogP contribution in [0.2, 0.25) is 0 Å². The topological polar surface area (TPSA) is 343 Å². The molecule has 0 fully saturated rings. The van der Waals surface area contributed by atoms with Crippen LogP contribution in [0.4, 0.5) is 0 Å². The number of hydrogen-bond acceptors (Lipinski definition) is 16. The zero-order chi connectivity index (χ0) is 63.1. The van der Waals surface area contributed by atoms with Crippen molar-refractivity contribution in [1.29, 1.82) is 0 Å². The number of rotatable bonds is 66. The molecule has 0 bridgehead atoms. The van der Waals surface area contributed by atoms with Gasteiger partial charge in [-0.3, -0.25) is 48.3 Å². The molecular weight excluding hydrogens is 1410 g/mol. The number of carbonyl (C=O) groups is 7. The zero-order valence-corrected chi connectivity index (χ0v) is 57.8. The molecule has 0 aliphatic rings. The zero-order valence-electron chi connectivity index (χ0n) is 53.2. The van der Waals surface area contributed by atoms with Gasteiger partial charge in [-0.15, -0.1) is 0 Å². The van der Waals surface area contributed by atoms with Gasteiger partial charge in [-0.2, -0.15) is 25.7 Å². The molecule has 0 aliphatic carbocycles. The summed E-state index contributed by atoms with van der Waals surface area (Å²) in [5, 5.41) is 52.5. The van der Waals surface area contributed by atoms with Gasteiger partial charge in [-0.25, -0.2) is 0 Å². The van der Waals surface area contributed by atoms with E-state index in [0.29, 0.717) is 105 Å². The van der Waals surface area contributed by atoms with Crippen LogP contribution < -0.4 is 22.1 Å². The van der Waals surface area contributed by atoms with E-state index in [2.05, 4.69) is 30.4 Å². The maximum Gasteiger partial charge on any atom is 0.317 e. The molecule has 25 heteroatoms. The smallest absolute Gasteiger partial charge is 0.317 e. The molecule has 1 atom stereocenters. The van der Waals surface area contributed by atoms with Crippen molar-refractivity contribution in [1.82, 2.24) is 25.3 Å². The number of nitrogens with two attached hydrogens (primary N) is 2. The molecule has 0 spiro atoms. The fourth-order valence-corrected chi connectivity index (χ4v) is 9.46. The minimum atomic E-state index is -1.24. The monoisotopic (exact) mass is 1530 g/mol. The van der Waals surface area contributed by atoms with E-state index in [9.17, 15) is 48.9 Å². The number of carboxylic acids is 5. The molecule has 0 aliphatic heterocycles. The normalized spacial score (nSPS) is 11.4. The first kappa shape index (κ1) is 92.0. The Morgan fingerprint density at radius 1 is 0.402 bits per heavy atom. The Bertz CT molecular complexity index is 1590. The maximum atomic E-state index is 11.9. The molecule has 0 aromatic rings. The molecule has 0 radical (unpaired) electrons. The average molecular weight is 1530 g/mol. The van der Waals surface area contributed by atoms with Crippen LogP contribution >= 0.6 is 0 Å². The second kappa shape index (κ2) is 72.0. The second-order valence-corrected chi connectivity index (χ2v) is 21.9. The summed E-state index contributed by atoms with van der Waals surface area (Å²) in [5.41, 5.74) is 10.7. The first-order valence-corrected chi connectivity index (χ1v) is 32.3. The summed E-state index contributed by atoms with van der Waals surface area (Å²) >= 11 is 0. The van der Waals surface area contributed by atoms with Crippen molar-refractivity contribution in [2.45, 2.75) is 212 Å². The number of aliphatic carboxylic acids is 5. The number of carboxylic acid groups (broad SMARTS) is 5. The van der Waals surface area contributed by atoms with Crippen LogP contribution in [0.15, 0.2) is 0 Å². The molecule has 516 valence electrons. The second-order valence-electron chi connectivity index (χ2n) is 21.9. The van der Waals surface area contributed by atoms with E-state index in [1.165, 1.54) is 86.8 Å². The van der Waals surface area contributed by atoms with Crippen LogP contribution in [0.5, 0.6) is 0 Å². The molecule has 23 nitrogen and oxygen atoms in total. The maximum absolute atomic E-state index is 11.9. The Balaban J connectivity index is -0.000000937.